The zero-order valence-corrected chi connectivity index (χ0v) is 16.0. The molecule has 7 heteroatoms. The zero-order chi connectivity index (χ0) is 20.4. The van der Waals surface area contributed by atoms with Crippen LogP contribution in [0.15, 0.2) is 59.4 Å². The van der Waals surface area contributed by atoms with Gasteiger partial charge < -0.3 is 10.2 Å². The van der Waals surface area contributed by atoms with E-state index >= 15 is 0 Å². The maximum atomic E-state index is 13.2. The average molecular weight is 392 g/mol. The first-order valence-corrected chi connectivity index (χ1v) is 9.45. The van der Waals surface area contributed by atoms with E-state index in [4.69, 9.17) is 0 Å². The van der Waals surface area contributed by atoms with Crippen LogP contribution in [0.1, 0.15) is 29.2 Å². The first-order chi connectivity index (χ1) is 14.0. The van der Waals surface area contributed by atoms with Crippen LogP contribution in [0.4, 0.5) is 16.0 Å². The summed E-state index contributed by atoms with van der Waals surface area (Å²) < 4.78 is 13.2. The monoisotopic (exact) mass is 392 g/mol. The summed E-state index contributed by atoms with van der Waals surface area (Å²) in [6, 6.07) is 15.2. The highest BCUT2D eigenvalue weighted by Crippen LogP contribution is 2.30. The normalized spacial score (nSPS) is 16.3. The molecule has 1 unspecified atom stereocenters. The largest absolute Gasteiger partial charge is 0.352 e. The molecule has 0 spiro atoms. The Morgan fingerprint density at radius 3 is 2.69 bits per heavy atom. The van der Waals surface area contributed by atoms with Gasteiger partial charge in [0.15, 0.2) is 0 Å². The van der Waals surface area contributed by atoms with Gasteiger partial charge in [-0.05, 0) is 42.3 Å². The Hall–Kier alpha value is -3.48. The second-order valence-electron chi connectivity index (χ2n) is 7.18. The maximum absolute atomic E-state index is 13.2. The second kappa shape index (κ2) is 7.87. The highest BCUT2D eigenvalue weighted by molar-refractivity contribution is 5.96. The van der Waals surface area contributed by atoms with Crippen LogP contribution in [0.5, 0.6) is 0 Å². The minimum atomic E-state index is -0.349. The number of aryl methyl sites for hydroxylation is 1. The summed E-state index contributed by atoms with van der Waals surface area (Å²) in [4.78, 5) is 33.4. The van der Waals surface area contributed by atoms with Gasteiger partial charge in [0.25, 0.3) is 5.56 Å². The molecule has 0 aliphatic carbocycles. The van der Waals surface area contributed by atoms with Gasteiger partial charge in [0.2, 0.25) is 11.9 Å². The molecular formula is C22H21FN4O2. The van der Waals surface area contributed by atoms with Gasteiger partial charge in [-0.25, -0.2) is 9.37 Å². The molecule has 2 aromatic carbocycles. The Morgan fingerprint density at radius 1 is 1.17 bits per heavy atom. The highest BCUT2D eigenvalue weighted by Gasteiger charge is 2.32. The molecular weight excluding hydrogens is 371 g/mol. The Labute approximate surface area is 167 Å². The van der Waals surface area contributed by atoms with Crippen LogP contribution in [-0.4, -0.2) is 22.4 Å². The molecule has 1 amide bonds. The van der Waals surface area contributed by atoms with E-state index in [1.165, 1.54) is 18.2 Å². The predicted octanol–water partition coefficient (Wildman–Crippen LogP) is 3.35. The summed E-state index contributed by atoms with van der Waals surface area (Å²) >= 11 is 0. The van der Waals surface area contributed by atoms with E-state index in [1.54, 1.807) is 17.0 Å². The van der Waals surface area contributed by atoms with E-state index in [9.17, 15) is 14.0 Å². The third kappa shape index (κ3) is 4.18. The van der Waals surface area contributed by atoms with Gasteiger partial charge in [0.05, 0.1) is 5.69 Å². The smallest absolute Gasteiger partial charge is 0.252 e. The Morgan fingerprint density at radius 2 is 1.93 bits per heavy atom. The number of benzene rings is 2. The highest BCUT2D eigenvalue weighted by atomic mass is 19.1. The van der Waals surface area contributed by atoms with Gasteiger partial charge in [-0.15, -0.1) is 0 Å². The topological polar surface area (TPSA) is 78.1 Å². The number of hydrogen-bond donors (Lipinski definition) is 2. The van der Waals surface area contributed by atoms with E-state index in [0.717, 1.165) is 11.1 Å². The van der Waals surface area contributed by atoms with E-state index in [-0.39, 0.29) is 29.6 Å². The lowest BCUT2D eigenvalue weighted by Crippen LogP contribution is -2.24. The molecule has 0 saturated carbocycles. The second-order valence-corrected chi connectivity index (χ2v) is 7.18. The summed E-state index contributed by atoms with van der Waals surface area (Å²) in [5.74, 6) is -0.243. The first-order valence-electron chi connectivity index (χ1n) is 9.45. The van der Waals surface area contributed by atoms with Crippen molar-refractivity contribution < 1.29 is 9.18 Å². The number of nitrogens with one attached hydrogen (secondary N) is 2. The van der Waals surface area contributed by atoms with Gasteiger partial charge in [-0.2, -0.15) is 0 Å². The molecule has 0 radical (unpaired) electrons. The third-order valence-corrected chi connectivity index (χ3v) is 5.15. The van der Waals surface area contributed by atoms with Crippen molar-refractivity contribution in [2.45, 2.75) is 25.8 Å². The van der Waals surface area contributed by atoms with Gasteiger partial charge in [0.1, 0.15) is 5.82 Å². The number of H-pyrrole nitrogens is 1. The summed E-state index contributed by atoms with van der Waals surface area (Å²) in [6.07, 6.45) is 0.255. The molecule has 6 nitrogen and oxygen atoms in total. The molecule has 1 fully saturated rings. The number of anilines is 2. The van der Waals surface area contributed by atoms with Gasteiger partial charge in [0, 0.05) is 37.2 Å². The zero-order valence-electron chi connectivity index (χ0n) is 16.0. The summed E-state index contributed by atoms with van der Waals surface area (Å²) in [7, 11) is 0. The summed E-state index contributed by atoms with van der Waals surface area (Å²) in [5, 5.41) is 3.16. The molecule has 1 aliphatic heterocycles. The number of halogens is 1. The van der Waals surface area contributed by atoms with E-state index in [0.29, 0.717) is 30.4 Å². The van der Waals surface area contributed by atoms with Crippen molar-refractivity contribution in [3.8, 4) is 0 Å². The number of hydrogen-bond acceptors (Lipinski definition) is 4. The Balaban J connectivity index is 1.51. The molecule has 4 rings (SSSR count). The first kappa shape index (κ1) is 18.9. The predicted molar refractivity (Wildman–Crippen MR) is 109 cm³/mol. The van der Waals surface area contributed by atoms with Crippen LogP contribution >= 0.6 is 0 Å². The Kier molecular flexibility index (Phi) is 5.12. The Bertz CT molecular complexity index is 1090. The third-order valence-electron chi connectivity index (χ3n) is 5.15. The van der Waals surface area contributed by atoms with Crippen LogP contribution < -0.4 is 15.8 Å². The molecule has 29 heavy (non-hydrogen) atoms. The van der Waals surface area contributed by atoms with Crippen molar-refractivity contribution in [1.29, 1.82) is 0 Å². The van der Waals surface area contributed by atoms with Crippen LogP contribution in [0, 0.1) is 12.7 Å². The molecule has 3 aromatic rings. The number of nitrogens with zero attached hydrogens (tertiary/aromatic N) is 2. The molecule has 2 N–H and O–H groups in total. The van der Waals surface area contributed by atoms with Crippen LogP contribution in [0.2, 0.25) is 0 Å². The standard InChI is InChI=1S/C22H21FN4O2/c1-14-4-2-3-5-15(14)12-24-22-25-19(11-20(28)26-22)16-10-21(29)27(13-16)18-8-6-17(23)7-9-18/h2-9,11,16H,10,12-13H2,1H3,(H2,24,25,26,28). The molecule has 1 aromatic heterocycles. The molecule has 1 saturated heterocycles. The van der Waals surface area contributed by atoms with Crippen LogP contribution in [-0.2, 0) is 11.3 Å². The quantitative estimate of drug-likeness (QED) is 0.698. The molecule has 2 heterocycles. The summed E-state index contributed by atoms with van der Waals surface area (Å²) in [6.45, 7) is 2.96. The maximum Gasteiger partial charge on any atom is 0.252 e. The minimum absolute atomic E-state index is 0.0712. The van der Waals surface area contributed by atoms with Crippen molar-refractivity contribution in [2.24, 2.45) is 0 Å². The lowest BCUT2D eigenvalue weighted by Gasteiger charge is -2.17. The molecule has 148 valence electrons. The van der Waals surface area contributed by atoms with Crippen molar-refractivity contribution in [2.75, 3.05) is 16.8 Å². The lowest BCUT2D eigenvalue weighted by atomic mass is 10.0. The van der Waals surface area contributed by atoms with Gasteiger partial charge >= 0.3 is 0 Å². The number of amides is 1. The molecule has 1 aliphatic rings. The fraction of sp³-hybridized carbons (Fsp3) is 0.227. The number of aromatic amines is 1. The van der Waals surface area contributed by atoms with Gasteiger partial charge in [-0.3, -0.25) is 14.6 Å². The van der Waals surface area contributed by atoms with Crippen molar-refractivity contribution >= 4 is 17.5 Å². The SMILES string of the molecule is Cc1ccccc1CNc1nc(C2CC(=O)N(c3ccc(F)cc3)C2)cc(=O)[nH]1. The van der Waals surface area contributed by atoms with Crippen LogP contribution in [0.3, 0.4) is 0 Å². The van der Waals surface area contributed by atoms with E-state index < -0.39 is 0 Å². The average Bonchev–Trinajstić information content (AvgIpc) is 3.09. The fourth-order valence-corrected chi connectivity index (χ4v) is 3.53. The molecule has 1 atom stereocenters. The van der Waals surface area contributed by atoms with Crippen LogP contribution in [0.25, 0.3) is 0 Å². The van der Waals surface area contributed by atoms with Crippen molar-refractivity contribution in [1.82, 2.24) is 9.97 Å². The van der Waals surface area contributed by atoms with Gasteiger partial charge in [-0.1, -0.05) is 24.3 Å². The van der Waals surface area contributed by atoms with Crippen molar-refractivity contribution in [3.05, 3.63) is 87.6 Å². The molecule has 0 bridgehead atoms. The number of carbonyl (C=O) groups is 1. The minimum Gasteiger partial charge on any atom is -0.352 e. The summed E-state index contributed by atoms with van der Waals surface area (Å²) in [5.41, 5.74) is 3.20. The van der Waals surface area contributed by atoms with E-state index in [2.05, 4.69) is 15.3 Å². The lowest BCUT2D eigenvalue weighted by molar-refractivity contribution is -0.117. The fourth-order valence-electron chi connectivity index (χ4n) is 3.53. The van der Waals surface area contributed by atoms with E-state index in [1.807, 2.05) is 31.2 Å². The van der Waals surface area contributed by atoms with Crippen molar-refractivity contribution in [3.63, 3.8) is 0 Å². The number of carbonyl (C=O) groups excluding carboxylic acids is 1. The number of rotatable bonds is 5. The number of aromatic nitrogens is 2.